The Bertz CT molecular complexity index is 1310. The van der Waals surface area contributed by atoms with Crippen molar-refractivity contribution in [3.8, 4) is 0 Å². The Morgan fingerprint density at radius 3 is 2.60 bits per heavy atom. The summed E-state index contributed by atoms with van der Waals surface area (Å²) >= 11 is 1.33. The molecule has 2 heterocycles. The molecule has 4 rings (SSSR count). The van der Waals surface area contributed by atoms with Gasteiger partial charge in [0.25, 0.3) is 5.56 Å². The second-order valence-corrected chi connectivity index (χ2v) is 8.03. The zero-order valence-electron chi connectivity index (χ0n) is 16.5. The Labute approximate surface area is 176 Å². The highest BCUT2D eigenvalue weighted by Gasteiger charge is 2.15. The molecule has 0 unspecified atom stereocenters. The molecule has 0 saturated carbocycles. The van der Waals surface area contributed by atoms with Crippen LogP contribution in [0.3, 0.4) is 0 Å². The molecule has 0 atom stereocenters. The minimum Gasteiger partial charge on any atom is -0.302 e. The van der Waals surface area contributed by atoms with Gasteiger partial charge in [-0.25, -0.2) is 14.1 Å². The van der Waals surface area contributed by atoms with Crippen LogP contribution in [0.15, 0.2) is 53.3 Å². The number of thiazole rings is 1. The molecule has 6 nitrogen and oxygen atoms in total. The fourth-order valence-corrected chi connectivity index (χ4v) is 4.28. The van der Waals surface area contributed by atoms with E-state index in [1.54, 1.807) is 43.4 Å². The number of aromatic nitrogens is 3. The average Bonchev–Trinajstić information content (AvgIpc) is 3.06. The van der Waals surface area contributed by atoms with Crippen molar-refractivity contribution in [2.75, 3.05) is 5.32 Å². The van der Waals surface area contributed by atoms with Gasteiger partial charge in [0.15, 0.2) is 5.13 Å². The van der Waals surface area contributed by atoms with Crippen LogP contribution in [0.2, 0.25) is 0 Å². The van der Waals surface area contributed by atoms with Crippen LogP contribution >= 0.6 is 11.3 Å². The van der Waals surface area contributed by atoms with Gasteiger partial charge in [-0.3, -0.25) is 9.59 Å². The molecule has 0 fully saturated rings. The molecule has 0 radical (unpaired) electrons. The van der Waals surface area contributed by atoms with E-state index in [-0.39, 0.29) is 23.7 Å². The number of hydrogen-bond donors (Lipinski definition) is 1. The van der Waals surface area contributed by atoms with E-state index in [4.69, 9.17) is 0 Å². The lowest BCUT2D eigenvalue weighted by Gasteiger charge is -2.07. The Morgan fingerprint density at radius 1 is 1.13 bits per heavy atom. The second-order valence-electron chi connectivity index (χ2n) is 6.94. The number of carbonyl (C=O) groups is 1. The van der Waals surface area contributed by atoms with Gasteiger partial charge in [0.1, 0.15) is 5.82 Å². The summed E-state index contributed by atoms with van der Waals surface area (Å²) in [5.41, 5.74) is 1.65. The molecule has 0 aliphatic rings. The largest absolute Gasteiger partial charge is 0.302 e. The summed E-state index contributed by atoms with van der Waals surface area (Å²) in [6.45, 7) is 1.84. The van der Waals surface area contributed by atoms with Crippen LogP contribution in [-0.4, -0.2) is 20.7 Å². The number of nitrogens with one attached hydrogen (secondary N) is 1. The first-order chi connectivity index (χ1) is 14.4. The zero-order valence-corrected chi connectivity index (χ0v) is 17.3. The number of fused-ring (bicyclic) bond motifs is 1. The number of nitrogens with zero attached hydrogens (tertiary/aromatic N) is 3. The van der Waals surface area contributed by atoms with Crippen LogP contribution in [0.1, 0.15) is 21.8 Å². The second kappa shape index (κ2) is 8.16. The Hall–Kier alpha value is -3.39. The average molecular weight is 422 g/mol. The minimum absolute atomic E-state index is 0.00983. The number of anilines is 1. The summed E-state index contributed by atoms with van der Waals surface area (Å²) in [7, 11) is 1.56. The van der Waals surface area contributed by atoms with Crippen LogP contribution in [0.4, 0.5) is 9.52 Å². The molecule has 0 spiro atoms. The van der Waals surface area contributed by atoms with E-state index < -0.39 is 0 Å². The summed E-state index contributed by atoms with van der Waals surface area (Å²) in [5.74, 6) is -0.541. The van der Waals surface area contributed by atoms with Crippen molar-refractivity contribution in [2.45, 2.75) is 19.8 Å². The van der Waals surface area contributed by atoms with Gasteiger partial charge in [-0.15, -0.1) is 11.3 Å². The molecule has 2 aromatic heterocycles. The van der Waals surface area contributed by atoms with E-state index in [1.807, 2.05) is 13.0 Å². The highest BCUT2D eigenvalue weighted by molar-refractivity contribution is 7.15. The summed E-state index contributed by atoms with van der Waals surface area (Å²) in [5, 5.41) is 8.69. The quantitative estimate of drug-likeness (QED) is 0.533. The monoisotopic (exact) mass is 422 g/mol. The number of amides is 1. The fourth-order valence-electron chi connectivity index (χ4n) is 3.28. The van der Waals surface area contributed by atoms with Crippen LogP contribution < -0.4 is 10.9 Å². The van der Waals surface area contributed by atoms with Gasteiger partial charge in [0.2, 0.25) is 5.91 Å². The molecule has 30 heavy (non-hydrogen) atoms. The van der Waals surface area contributed by atoms with Crippen molar-refractivity contribution in [3.63, 3.8) is 0 Å². The van der Waals surface area contributed by atoms with Crippen LogP contribution in [-0.2, 0) is 24.7 Å². The van der Waals surface area contributed by atoms with Gasteiger partial charge in [-0.2, -0.15) is 5.10 Å². The van der Waals surface area contributed by atoms with Gasteiger partial charge in [0.05, 0.1) is 23.2 Å². The van der Waals surface area contributed by atoms with E-state index in [1.165, 1.54) is 22.1 Å². The van der Waals surface area contributed by atoms with Gasteiger partial charge in [-0.1, -0.05) is 36.4 Å². The molecular formula is C22H19FN4O2S. The first-order valence-corrected chi connectivity index (χ1v) is 10.2. The maximum absolute atomic E-state index is 13.9. The minimum atomic E-state index is -0.280. The Morgan fingerprint density at radius 2 is 1.83 bits per heavy atom. The Balaban J connectivity index is 1.53. The zero-order chi connectivity index (χ0) is 21.3. The Kier molecular flexibility index (Phi) is 5.41. The summed E-state index contributed by atoms with van der Waals surface area (Å²) in [6.07, 6.45) is 0.426. The molecular weight excluding hydrogens is 403 g/mol. The van der Waals surface area contributed by atoms with Crippen LogP contribution in [0, 0.1) is 12.7 Å². The van der Waals surface area contributed by atoms with Crippen molar-refractivity contribution in [1.29, 1.82) is 0 Å². The third-order valence-corrected chi connectivity index (χ3v) is 5.88. The number of carbonyl (C=O) groups excluding carboxylic acids is 1. The number of halogens is 1. The predicted octanol–water partition coefficient (Wildman–Crippen LogP) is 3.61. The summed E-state index contributed by atoms with van der Waals surface area (Å²) in [6, 6.07) is 13.7. The van der Waals surface area contributed by atoms with E-state index in [2.05, 4.69) is 15.4 Å². The summed E-state index contributed by atoms with van der Waals surface area (Å²) in [4.78, 5) is 30.1. The SMILES string of the molecule is Cc1nc(NC(=O)Cc2nn(C)c(=O)c3ccccc23)sc1Cc1ccccc1F. The number of aryl methyl sites for hydroxylation is 2. The lowest BCUT2D eigenvalue weighted by molar-refractivity contribution is -0.115. The highest BCUT2D eigenvalue weighted by Crippen LogP contribution is 2.26. The molecule has 0 bridgehead atoms. The van der Waals surface area contributed by atoms with E-state index >= 15 is 0 Å². The molecule has 4 aromatic rings. The first kappa shape index (κ1) is 19.9. The topological polar surface area (TPSA) is 76.9 Å². The normalized spacial score (nSPS) is 11.0. The molecule has 1 N–H and O–H groups in total. The predicted molar refractivity (Wildman–Crippen MR) is 115 cm³/mol. The van der Waals surface area contributed by atoms with E-state index in [0.717, 1.165) is 10.6 Å². The van der Waals surface area contributed by atoms with Gasteiger partial charge >= 0.3 is 0 Å². The summed E-state index contributed by atoms with van der Waals surface area (Å²) < 4.78 is 15.2. The van der Waals surface area contributed by atoms with Crippen molar-refractivity contribution in [3.05, 3.63) is 86.5 Å². The molecule has 0 saturated heterocycles. The van der Waals surface area contributed by atoms with Gasteiger partial charge in [0, 0.05) is 23.7 Å². The third-order valence-electron chi connectivity index (χ3n) is 4.81. The molecule has 2 aromatic carbocycles. The standard InChI is InChI=1S/C22H19FN4O2S/c1-13-19(11-14-7-3-6-10-17(14)23)30-22(24-13)25-20(28)12-18-15-8-4-5-9-16(15)21(29)27(2)26-18/h3-10H,11-12H2,1-2H3,(H,24,25,28). The van der Waals surface area contributed by atoms with Crippen LogP contribution in [0.25, 0.3) is 10.8 Å². The smallest absolute Gasteiger partial charge is 0.274 e. The van der Waals surface area contributed by atoms with E-state index in [9.17, 15) is 14.0 Å². The molecule has 0 aliphatic carbocycles. The number of benzene rings is 2. The molecule has 1 amide bonds. The maximum atomic E-state index is 13.9. The number of rotatable bonds is 5. The van der Waals surface area contributed by atoms with Crippen molar-refractivity contribution in [2.24, 2.45) is 7.05 Å². The van der Waals surface area contributed by atoms with Crippen molar-refractivity contribution < 1.29 is 9.18 Å². The fraction of sp³-hybridized carbons (Fsp3) is 0.182. The van der Waals surface area contributed by atoms with Crippen molar-refractivity contribution >= 4 is 33.1 Å². The lowest BCUT2D eigenvalue weighted by atomic mass is 10.1. The van der Waals surface area contributed by atoms with Crippen LogP contribution in [0.5, 0.6) is 0 Å². The first-order valence-electron chi connectivity index (χ1n) is 9.37. The van der Waals surface area contributed by atoms with Gasteiger partial charge < -0.3 is 5.32 Å². The molecule has 8 heteroatoms. The highest BCUT2D eigenvalue weighted by atomic mass is 32.1. The van der Waals surface area contributed by atoms with Crippen molar-refractivity contribution in [1.82, 2.24) is 14.8 Å². The van der Waals surface area contributed by atoms with Gasteiger partial charge in [-0.05, 0) is 24.6 Å². The number of hydrogen-bond acceptors (Lipinski definition) is 5. The van der Waals surface area contributed by atoms with E-state index in [0.29, 0.717) is 33.6 Å². The lowest BCUT2D eigenvalue weighted by Crippen LogP contribution is -2.24. The molecule has 0 aliphatic heterocycles. The molecule has 152 valence electrons. The third kappa shape index (κ3) is 3.99. The maximum Gasteiger partial charge on any atom is 0.274 e.